The van der Waals surface area contributed by atoms with Crippen molar-refractivity contribution in [3.05, 3.63) is 40.9 Å². The zero-order valence-corrected chi connectivity index (χ0v) is 14.6. The SMILES string of the molecule is C=CCN(CC(C)C(=O)OC)C(=O)COc1ccc(Cl)cc1Cl. The highest BCUT2D eigenvalue weighted by Crippen LogP contribution is 2.27. The Morgan fingerprint density at radius 1 is 1.39 bits per heavy atom. The molecule has 23 heavy (non-hydrogen) atoms. The summed E-state index contributed by atoms with van der Waals surface area (Å²) in [6, 6.07) is 4.74. The monoisotopic (exact) mass is 359 g/mol. The first-order chi connectivity index (χ1) is 10.9. The van der Waals surface area contributed by atoms with E-state index in [1.54, 1.807) is 25.1 Å². The molecule has 0 bridgehead atoms. The van der Waals surface area contributed by atoms with Gasteiger partial charge < -0.3 is 14.4 Å². The fourth-order valence-electron chi connectivity index (χ4n) is 1.86. The molecule has 0 aliphatic rings. The van der Waals surface area contributed by atoms with E-state index >= 15 is 0 Å². The van der Waals surface area contributed by atoms with Crippen LogP contribution in [0.2, 0.25) is 10.0 Å². The summed E-state index contributed by atoms with van der Waals surface area (Å²) < 4.78 is 10.1. The summed E-state index contributed by atoms with van der Waals surface area (Å²) in [6.07, 6.45) is 1.58. The zero-order valence-electron chi connectivity index (χ0n) is 13.1. The van der Waals surface area contributed by atoms with Crippen LogP contribution in [0.1, 0.15) is 6.92 Å². The maximum atomic E-state index is 12.3. The number of hydrogen-bond donors (Lipinski definition) is 0. The Morgan fingerprint density at radius 2 is 2.09 bits per heavy atom. The van der Waals surface area contributed by atoms with Gasteiger partial charge >= 0.3 is 5.97 Å². The van der Waals surface area contributed by atoms with Gasteiger partial charge in [-0.05, 0) is 18.2 Å². The summed E-state index contributed by atoms with van der Waals surface area (Å²) in [5.74, 6) is -0.743. The standard InChI is InChI=1S/C16H19Cl2NO4/c1-4-7-19(9-11(2)16(21)22-3)15(20)10-23-14-6-5-12(17)8-13(14)18/h4-6,8,11H,1,7,9-10H2,2-3H3. The van der Waals surface area contributed by atoms with Crippen LogP contribution in [-0.2, 0) is 14.3 Å². The van der Waals surface area contributed by atoms with Crippen molar-refractivity contribution < 1.29 is 19.1 Å². The third kappa shape index (κ3) is 6.12. The summed E-state index contributed by atoms with van der Waals surface area (Å²) in [7, 11) is 1.31. The Morgan fingerprint density at radius 3 is 2.65 bits per heavy atom. The van der Waals surface area contributed by atoms with Gasteiger partial charge in [0.15, 0.2) is 6.61 Å². The molecule has 0 spiro atoms. The van der Waals surface area contributed by atoms with Crippen LogP contribution in [0, 0.1) is 5.92 Å². The molecule has 0 fully saturated rings. The predicted octanol–water partition coefficient (Wildman–Crippen LogP) is 3.20. The number of carbonyl (C=O) groups is 2. The van der Waals surface area contributed by atoms with Gasteiger partial charge in [0, 0.05) is 18.1 Å². The minimum Gasteiger partial charge on any atom is -0.482 e. The summed E-state index contributed by atoms with van der Waals surface area (Å²) in [5.41, 5.74) is 0. The highest BCUT2D eigenvalue weighted by Gasteiger charge is 2.21. The molecule has 1 aromatic carbocycles. The van der Waals surface area contributed by atoms with Crippen LogP contribution in [0.15, 0.2) is 30.9 Å². The van der Waals surface area contributed by atoms with Gasteiger partial charge in [-0.3, -0.25) is 9.59 Å². The molecule has 1 aromatic rings. The van der Waals surface area contributed by atoms with Crippen LogP contribution in [-0.4, -0.2) is 43.6 Å². The molecule has 1 amide bonds. The Balaban J connectivity index is 2.67. The van der Waals surface area contributed by atoms with Crippen molar-refractivity contribution in [2.24, 2.45) is 5.92 Å². The van der Waals surface area contributed by atoms with Crippen molar-refractivity contribution in [1.82, 2.24) is 4.90 Å². The first-order valence-electron chi connectivity index (χ1n) is 6.93. The number of amides is 1. The molecular weight excluding hydrogens is 341 g/mol. The van der Waals surface area contributed by atoms with Gasteiger partial charge in [0.05, 0.1) is 18.1 Å². The molecule has 1 unspecified atom stereocenters. The molecule has 0 aliphatic heterocycles. The number of nitrogens with zero attached hydrogens (tertiary/aromatic N) is 1. The van der Waals surface area contributed by atoms with E-state index in [2.05, 4.69) is 11.3 Å². The van der Waals surface area contributed by atoms with E-state index in [0.717, 1.165) is 0 Å². The number of methoxy groups -OCH3 is 1. The zero-order chi connectivity index (χ0) is 17.4. The van der Waals surface area contributed by atoms with Gasteiger partial charge in [0.25, 0.3) is 5.91 Å². The van der Waals surface area contributed by atoms with Gasteiger partial charge in [-0.15, -0.1) is 6.58 Å². The smallest absolute Gasteiger partial charge is 0.310 e. The maximum absolute atomic E-state index is 12.3. The fourth-order valence-corrected chi connectivity index (χ4v) is 2.33. The maximum Gasteiger partial charge on any atom is 0.310 e. The molecule has 126 valence electrons. The third-order valence-corrected chi connectivity index (χ3v) is 3.58. The van der Waals surface area contributed by atoms with Gasteiger partial charge in [0.2, 0.25) is 0 Å². The van der Waals surface area contributed by atoms with Crippen molar-refractivity contribution >= 4 is 35.1 Å². The lowest BCUT2D eigenvalue weighted by Crippen LogP contribution is -2.40. The average Bonchev–Trinajstić information content (AvgIpc) is 2.52. The molecule has 0 aliphatic carbocycles. The van der Waals surface area contributed by atoms with E-state index in [0.29, 0.717) is 22.3 Å². The molecular formula is C16H19Cl2NO4. The Labute approximate surface area is 145 Å². The van der Waals surface area contributed by atoms with E-state index in [-0.39, 0.29) is 25.0 Å². The molecule has 0 N–H and O–H groups in total. The van der Waals surface area contributed by atoms with E-state index in [1.807, 2.05) is 0 Å². The predicted molar refractivity (Wildman–Crippen MR) is 89.9 cm³/mol. The normalized spacial score (nSPS) is 11.5. The molecule has 1 atom stereocenters. The third-order valence-electron chi connectivity index (χ3n) is 3.05. The molecule has 0 aromatic heterocycles. The van der Waals surface area contributed by atoms with Crippen molar-refractivity contribution in [1.29, 1.82) is 0 Å². The van der Waals surface area contributed by atoms with Gasteiger partial charge in [-0.2, -0.15) is 0 Å². The molecule has 0 saturated carbocycles. The Bertz CT molecular complexity index is 577. The topological polar surface area (TPSA) is 55.8 Å². The molecule has 7 heteroatoms. The highest BCUT2D eigenvalue weighted by molar-refractivity contribution is 6.35. The minimum atomic E-state index is -0.442. The van der Waals surface area contributed by atoms with Crippen LogP contribution >= 0.6 is 23.2 Å². The first kappa shape index (κ1) is 19.3. The Hall–Kier alpha value is -1.72. The molecule has 0 saturated heterocycles. The summed E-state index contributed by atoms with van der Waals surface area (Å²) in [4.78, 5) is 25.2. The van der Waals surface area contributed by atoms with Crippen LogP contribution < -0.4 is 4.74 Å². The Kier molecular flexibility index (Phi) is 7.92. The van der Waals surface area contributed by atoms with Gasteiger partial charge in [-0.1, -0.05) is 36.2 Å². The largest absolute Gasteiger partial charge is 0.482 e. The number of esters is 1. The van der Waals surface area contributed by atoms with Crippen molar-refractivity contribution in [2.45, 2.75) is 6.92 Å². The lowest BCUT2D eigenvalue weighted by Gasteiger charge is -2.23. The lowest BCUT2D eigenvalue weighted by molar-refractivity contribution is -0.146. The number of halogens is 2. The number of hydrogen-bond acceptors (Lipinski definition) is 4. The number of ether oxygens (including phenoxy) is 2. The fraction of sp³-hybridized carbons (Fsp3) is 0.375. The van der Waals surface area contributed by atoms with E-state index in [4.69, 9.17) is 27.9 Å². The van der Waals surface area contributed by atoms with Crippen molar-refractivity contribution in [3.8, 4) is 5.75 Å². The van der Waals surface area contributed by atoms with E-state index in [1.165, 1.54) is 18.1 Å². The van der Waals surface area contributed by atoms with Crippen LogP contribution in [0.4, 0.5) is 0 Å². The van der Waals surface area contributed by atoms with E-state index in [9.17, 15) is 9.59 Å². The summed E-state index contributed by atoms with van der Waals surface area (Å²) >= 11 is 11.8. The van der Waals surface area contributed by atoms with Gasteiger partial charge in [0.1, 0.15) is 5.75 Å². The van der Waals surface area contributed by atoms with E-state index < -0.39 is 5.92 Å². The molecule has 1 rings (SSSR count). The molecule has 0 heterocycles. The second-order valence-electron chi connectivity index (χ2n) is 4.88. The number of carbonyl (C=O) groups excluding carboxylic acids is 2. The van der Waals surface area contributed by atoms with Gasteiger partial charge in [-0.25, -0.2) is 0 Å². The number of rotatable bonds is 8. The van der Waals surface area contributed by atoms with Crippen molar-refractivity contribution in [2.75, 3.05) is 26.8 Å². The minimum absolute atomic E-state index is 0.205. The molecule has 5 nitrogen and oxygen atoms in total. The van der Waals surface area contributed by atoms with Crippen LogP contribution in [0.5, 0.6) is 5.75 Å². The summed E-state index contributed by atoms with van der Waals surface area (Å²) in [6.45, 7) is 5.61. The number of benzene rings is 1. The quantitative estimate of drug-likeness (QED) is 0.528. The van der Waals surface area contributed by atoms with Crippen molar-refractivity contribution in [3.63, 3.8) is 0 Å². The lowest BCUT2D eigenvalue weighted by atomic mass is 10.1. The second kappa shape index (κ2) is 9.43. The average molecular weight is 360 g/mol. The molecule has 0 radical (unpaired) electrons. The first-order valence-corrected chi connectivity index (χ1v) is 7.69. The highest BCUT2D eigenvalue weighted by atomic mass is 35.5. The van der Waals surface area contributed by atoms with Crippen LogP contribution in [0.25, 0.3) is 0 Å². The van der Waals surface area contributed by atoms with Crippen LogP contribution in [0.3, 0.4) is 0 Å². The second-order valence-corrected chi connectivity index (χ2v) is 5.72. The summed E-state index contributed by atoms with van der Waals surface area (Å²) in [5, 5.41) is 0.803.